The largest absolute Gasteiger partial charge is 0.381 e. The Labute approximate surface area is 187 Å². The Morgan fingerprint density at radius 1 is 1.16 bits per heavy atom. The molecule has 7 nitrogen and oxygen atoms in total. The van der Waals surface area contributed by atoms with E-state index in [4.69, 9.17) is 0 Å². The number of aromatic nitrogens is 3. The highest BCUT2D eigenvalue weighted by Gasteiger charge is 2.25. The maximum atomic E-state index is 13.4. The molecule has 1 aliphatic carbocycles. The van der Waals surface area contributed by atoms with Gasteiger partial charge in [0.05, 0.1) is 22.8 Å². The highest BCUT2D eigenvalue weighted by atomic mass is 16.2. The van der Waals surface area contributed by atoms with E-state index in [1.807, 2.05) is 22.8 Å². The van der Waals surface area contributed by atoms with Crippen LogP contribution in [-0.4, -0.2) is 69.7 Å². The van der Waals surface area contributed by atoms with Crippen molar-refractivity contribution in [2.24, 2.45) is 5.92 Å². The van der Waals surface area contributed by atoms with Gasteiger partial charge in [0.2, 0.25) is 0 Å². The molecule has 1 saturated carbocycles. The number of rotatable bonds is 10. The second kappa shape index (κ2) is 10.9. The minimum absolute atomic E-state index is 0.0177. The third-order valence-electron chi connectivity index (χ3n) is 6.92. The number of fused-ring (bicyclic) bond motifs is 1. The lowest BCUT2D eigenvalue weighted by molar-refractivity contribution is 0.0780. The molecule has 0 spiro atoms. The number of hydrogen-bond acceptors (Lipinski definition) is 5. The van der Waals surface area contributed by atoms with Crippen molar-refractivity contribution < 1.29 is 4.79 Å². The minimum Gasteiger partial charge on any atom is -0.381 e. The maximum absolute atomic E-state index is 13.4. The van der Waals surface area contributed by atoms with Crippen LogP contribution in [0, 0.1) is 5.92 Å². The number of nitrogens with one attached hydrogen (secondary N) is 1. The van der Waals surface area contributed by atoms with E-state index in [1.165, 1.54) is 32.1 Å². The lowest BCUT2D eigenvalue weighted by Crippen LogP contribution is -2.37. The molecule has 2 aromatic rings. The molecule has 172 valence electrons. The fourth-order valence-electron chi connectivity index (χ4n) is 4.69. The Hall–Kier alpha value is -2.15. The molecule has 7 heteroatoms. The Morgan fingerprint density at radius 3 is 2.52 bits per heavy atom. The SMILES string of the molecule is CCN(CC)CCN(C)C(=O)c1cnc2c(cnn2CC)c1N[C@H](C)C1CCCCC1. The molecule has 1 fully saturated rings. The van der Waals surface area contributed by atoms with Gasteiger partial charge in [-0.05, 0) is 45.7 Å². The molecule has 1 atom stereocenters. The summed E-state index contributed by atoms with van der Waals surface area (Å²) in [5, 5.41) is 9.17. The summed E-state index contributed by atoms with van der Waals surface area (Å²) in [7, 11) is 1.89. The fraction of sp³-hybridized carbons (Fsp3) is 0.708. The van der Waals surface area contributed by atoms with Gasteiger partial charge in [0, 0.05) is 38.9 Å². The lowest BCUT2D eigenvalue weighted by Gasteiger charge is -2.30. The van der Waals surface area contributed by atoms with Gasteiger partial charge in [-0.3, -0.25) is 4.79 Å². The van der Waals surface area contributed by atoms with Gasteiger partial charge in [-0.1, -0.05) is 33.1 Å². The van der Waals surface area contributed by atoms with Crippen LogP contribution in [0.5, 0.6) is 0 Å². The summed E-state index contributed by atoms with van der Waals surface area (Å²) in [5.41, 5.74) is 2.37. The van der Waals surface area contributed by atoms with E-state index in [-0.39, 0.29) is 5.91 Å². The maximum Gasteiger partial charge on any atom is 0.257 e. The summed E-state index contributed by atoms with van der Waals surface area (Å²) < 4.78 is 1.89. The number of nitrogens with zero attached hydrogens (tertiary/aromatic N) is 5. The van der Waals surface area contributed by atoms with E-state index >= 15 is 0 Å². The number of likely N-dealkylation sites (N-methyl/N-ethyl adjacent to an activating group) is 2. The normalized spacial score (nSPS) is 16.1. The van der Waals surface area contributed by atoms with Crippen LogP contribution in [0.3, 0.4) is 0 Å². The van der Waals surface area contributed by atoms with Crippen molar-refractivity contribution in [2.75, 3.05) is 38.5 Å². The number of aryl methyl sites for hydroxylation is 1. The first-order chi connectivity index (χ1) is 15.0. The van der Waals surface area contributed by atoms with E-state index in [0.29, 0.717) is 24.1 Å². The number of pyridine rings is 1. The molecule has 0 bridgehead atoms. The number of carbonyl (C=O) groups excluding carboxylic acids is 1. The molecular weight excluding hydrogens is 388 g/mol. The molecule has 2 aromatic heterocycles. The molecule has 2 heterocycles. The summed E-state index contributed by atoms with van der Waals surface area (Å²) in [4.78, 5) is 22.2. The summed E-state index contributed by atoms with van der Waals surface area (Å²) in [6.07, 6.45) is 10.0. The third kappa shape index (κ3) is 5.37. The zero-order valence-electron chi connectivity index (χ0n) is 20.0. The van der Waals surface area contributed by atoms with Crippen LogP contribution in [0.2, 0.25) is 0 Å². The van der Waals surface area contributed by atoms with Crippen LogP contribution in [-0.2, 0) is 6.54 Å². The van der Waals surface area contributed by atoms with E-state index < -0.39 is 0 Å². The van der Waals surface area contributed by atoms with Crippen LogP contribution in [0.1, 0.15) is 70.2 Å². The second-order valence-corrected chi connectivity index (χ2v) is 8.83. The van der Waals surface area contributed by atoms with Crippen LogP contribution in [0.25, 0.3) is 11.0 Å². The lowest BCUT2D eigenvalue weighted by atomic mass is 9.84. The van der Waals surface area contributed by atoms with Crippen molar-refractivity contribution >= 4 is 22.6 Å². The second-order valence-electron chi connectivity index (χ2n) is 8.83. The first kappa shape index (κ1) is 23.5. The standard InChI is InChI=1S/C24H40N6O/c1-6-29(7-2)15-14-28(5)24(31)21-16-25-23-20(17-26-30(23)8-3)22(21)27-18(4)19-12-10-9-11-13-19/h16-19H,6-15H2,1-5H3,(H,25,27)/t18-/m1/s1. The molecule has 31 heavy (non-hydrogen) atoms. The first-order valence-electron chi connectivity index (χ1n) is 12.1. The predicted octanol–water partition coefficient (Wildman–Crippen LogP) is 4.25. The molecule has 1 amide bonds. The molecular formula is C24H40N6O. The Kier molecular flexibility index (Phi) is 8.29. The predicted molar refractivity (Wildman–Crippen MR) is 128 cm³/mol. The molecule has 0 aliphatic heterocycles. The highest BCUT2D eigenvalue weighted by Crippen LogP contribution is 2.32. The molecule has 3 rings (SSSR count). The number of hydrogen-bond donors (Lipinski definition) is 1. The van der Waals surface area contributed by atoms with Gasteiger partial charge in [-0.25, -0.2) is 9.67 Å². The smallest absolute Gasteiger partial charge is 0.257 e. The molecule has 0 saturated heterocycles. The number of carbonyl (C=O) groups is 1. The zero-order chi connectivity index (χ0) is 22.4. The van der Waals surface area contributed by atoms with Crippen molar-refractivity contribution in [3.05, 3.63) is 18.0 Å². The summed E-state index contributed by atoms with van der Waals surface area (Å²) in [6, 6.07) is 0.309. The van der Waals surface area contributed by atoms with Crippen LogP contribution >= 0.6 is 0 Å². The van der Waals surface area contributed by atoms with Gasteiger partial charge in [-0.15, -0.1) is 0 Å². The Morgan fingerprint density at radius 2 is 1.87 bits per heavy atom. The van der Waals surface area contributed by atoms with E-state index in [1.54, 1.807) is 6.20 Å². The van der Waals surface area contributed by atoms with Gasteiger partial charge in [-0.2, -0.15) is 5.10 Å². The Bertz CT molecular complexity index is 853. The minimum atomic E-state index is 0.0177. The first-order valence-corrected chi connectivity index (χ1v) is 12.1. The molecule has 1 aliphatic rings. The zero-order valence-corrected chi connectivity index (χ0v) is 20.0. The topological polar surface area (TPSA) is 66.3 Å². The number of amides is 1. The summed E-state index contributed by atoms with van der Waals surface area (Å²) >= 11 is 0. The van der Waals surface area contributed by atoms with Gasteiger partial charge >= 0.3 is 0 Å². The van der Waals surface area contributed by atoms with Crippen molar-refractivity contribution in [3.8, 4) is 0 Å². The highest BCUT2D eigenvalue weighted by molar-refractivity contribution is 6.06. The molecule has 0 aromatic carbocycles. The molecule has 1 N–H and O–H groups in total. The van der Waals surface area contributed by atoms with Crippen LogP contribution < -0.4 is 5.32 Å². The van der Waals surface area contributed by atoms with Gasteiger partial charge < -0.3 is 15.1 Å². The van der Waals surface area contributed by atoms with Crippen molar-refractivity contribution in [3.63, 3.8) is 0 Å². The quantitative estimate of drug-likeness (QED) is 0.613. The van der Waals surface area contributed by atoms with Gasteiger partial charge in [0.15, 0.2) is 5.65 Å². The average Bonchev–Trinajstić information content (AvgIpc) is 3.23. The van der Waals surface area contributed by atoms with Crippen molar-refractivity contribution in [1.82, 2.24) is 24.6 Å². The van der Waals surface area contributed by atoms with Crippen molar-refractivity contribution in [1.29, 1.82) is 0 Å². The van der Waals surface area contributed by atoms with Crippen molar-refractivity contribution in [2.45, 2.75) is 72.4 Å². The monoisotopic (exact) mass is 428 g/mol. The summed E-state index contributed by atoms with van der Waals surface area (Å²) in [5.74, 6) is 0.658. The molecule has 0 unspecified atom stereocenters. The van der Waals surface area contributed by atoms with E-state index in [0.717, 1.165) is 42.9 Å². The van der Waals surface area contributed by atoms with E-state index in [2.05, 4.69) is 48.0 Å². The van der Waals surface area contributed by atoms with Crippen LogP contribution in [0.15, 0.2) is 12.4 Å². The van der Waals surface area contributed by atoms with Crippen LogP contribution in [0.4, 0.5) is 5.69 Å². The third-order valence-corrected chi connectivity index (χ3v) is 6.92. The summed E-state index contributed by atoms with van der Waals surface area (Å²) in [6.45, 7) is 12.9. The van der Waals surface area contributed by atoms with Gasteiger partial charge in [0.1, 0.15) is 0 Å². The fourth-order valence-corrected chi connectivity index (χ4v) is 4.69. The molecule has 0 radical (unpaired) electrons. The van der Waals surface area contributed by atoms with E-state index in [9.17, 15) is 4.79 Å². The van der Waals surface area contributed by atoms with Gasteiger partial charge in [0.25, 0.3) is 5.91 Å². The number of anilines is 1. The Balaban J connectivity index is 1.88. The average molecular weight is 429 g/mol.